The number of ether oxygens (including phenoxy) is 1. The summed E-state index contributed by atoms with van der Waals surface area (Å²) in [4.78, 5) is 34.3. The normalized spacial score (nSPS) is 17.7. The number of nitrogens with zero attached hydrogens (tertiary/aromatic N) is 1. The number of rotatable bonds is 9. The minimum atomic E-state index is -1.35. The molecule has 7 heteroatoms. The number of likely N-dealkylation sites (tertiary alicyclic amines) is 1. The second kappa shape index (κ2) is 9.20. The lowest BCUT2D eigenvalue weighted by Gasteiger charge is -2.23. The number of unbranched alkanes of at least 4 members (excludes halogenated alkanes) is 4. The zero-order chi connectivity index (χ0) is 15.7. The number of carbonyl (C=O) groups excluding carboxylic acids is 1. The van der Waals surface area contributed by atoms with Crippen molar-refractivity contribution in [3.05, 3.63) is 0 Å². The average molecular weight is 301 g/mol. The minimum absolute atomic E-state index is 0.0655. The van der Waals surface area contributed by atoms with E-state index >= 15 is 0 Å². The largest absolute Gasteiger partial charge is 0.507 e. The van der Waals surface area contributed by atoms with Crippen LogP contribution >= 0.6 is 0 Å². The Kier molecular flexibility index (Phi) is 7.56. The van der Waals surface area contributed by atoms with Crippen molar-refractivity contribution in [2.75, 3.05) is 6.54 Å². The molecule has 2 N–H and O–H groups in total. The molecule has 0 aliphatic carbocycles. The highest BCUT2D eigenvalue weighted by Gasteiger charge is 2.31. The summed E-state index contributed by atoms with van der Waals surface area (Å²) >= 11 is 0. The van der Waals surface area contributed by atoms with E-state index in [1.54, 1.807) is 0 Å². The zero-order valence-corrected chi connectivity index (χ0v) is 12.1. The van der Waals surface area contributed by atoms with Crippen LogP contribution in [0.1, 0.15) is 57.8 Å². The fourth-order valence-corrected chi connectivity index (χ4v) is 2.49. The quantitative estimate of drug-likeness (QED) is 0.500. The van der Waals surface area contributed by atoms with Crippen LogP contribution in [0, 0.1) is 0 Å². The summed E-state index contributed by atoms with van der Waals surface area (Å²) < 4.78 is 4.69. The van der Waals surface area contributed by atoms with Gasteiger partial charge in [0, 0.05) is 25.8 Å². The topological polar surface area (TPSA) is 104 Å². The number of carbonyl (C=O) groups is 3. The first-order valence-corrected chi connectivity index (χ1v) is 7.41. The standard InChI is InChI=1S/C14H23NO6/c16-11(7-4-2-1-3-5-9-13(17)18)15-10-6-8-12(15)21-14(19)20/h12H,1-10H2,(H,17,18)(H,19,20). The predicted octanol–water partition coefficient (Wildman–Crippen LogP) is 2.44. The van der Waals surface area contributed by atoms with Crippen LogP contribution in [0.2, 0.25) is 0 Å². The van der Waals surface area contributed by atoms with E-state index in [4.69, 9.17) is 14.9 Å². The maximum atomic E-state index is 12.0. The Labute approximate surface area is 123 Å². The molecule has 1 amide bonds. The highest BCUT2D eigenvalue weighted by atomic mass is 16.7. The highest BCUT2D eigenvalue weighted by Crippen LogP contribution is 2.20. The number of hydrogen-bond donors (Lipinski definition) is 2. The maximum Gasteiger partial charge on any atom is 0.507 e. The van der Waals surface area contributed by atoms with Crippen molar-refractivity contribution >= 4 is 18.0 Å². The maximum absolute atomic E-state index is 12.0. The molecule has 120 valence electrons. The third-order valence-corrected chi connectivity index (χ3v) is 3.54. The highest BCUT2D eigenvalue weighted by molar-refractivity contribution is 5.76. The molecule has 0 radical (unpaired) electrons. The first kappa shape index (κ1) is 17.3. The van der Waals surface area contributed by atoms with E-state index in [2.05, 4.69) is 0 Å². The van der Waals surface area contributed by atoms with Crippen molar-refractivity contribution in [3.63, 3.8) is 0 Å². The molecule has 21 heavy (non-hydrogen) atoms. The SMILES string of the molecule is O=C(O)CCCCCCCC(=O)N1CCCC1OC(=O)O. The molecule has 1 fully saturated rings. The fourth-order valence-electron chi connectivity index (χ4n) is 2.49. The van der Waals surface area contributed by atoms with Crippen molar-refractivity contribution in [2.24, 2.45) is 0 Å². The lowest BCUT2D eigenvalue weighted by atomic mass is 10.1. The van der Waals surface area contributed by atoms with Gasteiger partial charge in [0.1, 0.15) is 0 Å². The summed E-state index contributed by atoms with van der Waals surface area (Å²) in [5.41, 5.74) is 0. The van der Waals surface area contributed by atoms with Crippen LogP contribution in [0.3, 0.4) is 0 Å². The van der Waals surface area contributed by atoms with Gasteiger partial charge in [-0.05, 0) is 19.3 Å². The van der Waals surface area contributed by atoms with Gasteiger partial charge in [-0.1, -0.05) is 19.3 Å². The molecule has 0 bridgehead atoms. The molecule has 1 heterocycles. The van der Waals surface area contributed by atoms with Crippen LogP contribution in [0.4, 0.5) is 4.79 Å². The molecule has 1 rings (SSSR count). The Morgan fingerprint density at radius 2 is 1.62 bits per heavy atom. The van der Waals surface area contributed by atoms with Crippen molar-refractivity contribution in [1.29, 1.82) is 0 Å². The predicted molar refractivity (Wildman–Crippen MR) is 73.8 cm³/mol. The van der Waals surface area contributed by atoms with Crippen molar-refractivity contribution in [1.82, 2.24) is 4.90 Å². The van der Waals surface area contributed by atoms with Crippen LogP contribution in [-0.2, 0) is 14.3 Å². The van der Waals surface area contributed by atoms with Gasteiger partial charge in [0.25, 0.3) is 0 Å². The van der Waals surface area contributed by atoms with Gasteiger partial charge < -0.3 is 19.8 Å². The number of hydrogen-bond acceptors (Lipinski definition) is 4. The first-order chi connectivity index (χ1) is 10.0. The van der Waals surface area contributed by atoms with Gasteiger partial charge in [-0.2, -0.15) is 0 Å². The van der Waals surface area contributed by atoms with E-state index in [0.717, 1.165) is 32.1 Å². The van der Waals surface area contributed by atoms with E-state index < -0.39 is 18.4 Å². The van der Waals surface area contributed by atoms with Crippen molar-refractivity contribution in [3.8, 4) is 0 Å². The Balaban J connectivity index is 2.12. The van der Waals surface area contributed by atoms with Crippen LogP contribution in [0.15, 0.2) is 0 Å². The van der Waals surface area contributed by atoms with Gasteiger partial charge >= 0.3 is 12.1 Å². The number of aliphatic carboxylic acids is 1. The molecule has 1 saturated heterocycles. The third-order valence-electron chi connectivity index (χ3n) is 3.54. The molecular weight excluding hydrogens is 278 g/mol. The molecule has 1 aliphatic heterocycles. The molecule has 0 saturated carbocycles. The van der Waals surface area contributed by atoms with Crippen LogP contribution in [0.5, 0.6) is 0 Å². The summed E-state index contributed by atoms with van der Waals surface area (Å²) in [7, 11) is 0. The molecule has 0 spiro atoms. The van der Waals surface area contributed by atoms with Gasteiger partial charge in [-0.3, -0.25) is 9.59 Å². The zero-order valence-electron chi connectivity index (χ0n) is 12.1. The number of carboxylic acids is 1. The molecule has 1 atom stereocenters. The Hall–Kier alpha value is -1.79. The van der Waals surface area contributed by atoms with E-state index in [0.29, 0.717) is 25.8 Å². The van der Waals surface area contributed by atoms with E-state index in [1.165, 1.54) is 4.90 Å². The van der Waals surface area contributed by atoms with Gasteiger partial charge in [0.05, 0.1) is 0 Å². The summed E-state index contributed by atoms with van der Waals surface area (Å²) in [5.74, 6) is -0.840. The number of amides is 1. The average Bonchev–Trinajstić information content (AvgIpc) is 2.84. The van der Waals surface area contributed by atoms with Gasteiger partial charge in [0.2, 0.25) is 5.91 Å². The Morgan fingerprint density at radius 3 is 2.24 bits per heavy atom. The van der Waals surface area contributed by atoms with Crippen molar-refractivity contribution in [2.45, 2.75) is 64.0 Å². The number of carboxylic acid groups (broad SMARTS) is 2. The second-order valence-electron chi connectivity index (χ2n) is 5.23. The van der Waals surface area contributed by atoms with Crippen LogP contribution in [-0.4, -0.2) is 45.9 Å². The van der Waals surface area contributed by atoms with Crippen molar-refractivity contribution < 1.29 is 29.3 Å². The Bertz CT molecular complexity index is 370. The molecule has 0 aromatic carbocycles. The molecule has 7 nitrogen and oxygen atoms in total. The Morgan fingerprint density at radius 1 is 1.00 bits per heavy atom. The lowest BCUT2D eigenvalue weighted by Crippen LogP contribution is -2.38. The van der Waals surface area contributed by atoms with E-state index in [9.17, 15) is 14.4 Å². The molecular formula is C14H23NO6. The van der Waals surface area contributed by atoms with Crippen LogP contribution < -0.4 is 0 Å². The van der Waals surface area contributed by atoms with Gasteiger partial charge in [-0.25, -0.2) is 4.79 Å². The molecule has 0 aromatic rings. The summed E-state index contributed by atoms with van der Waals surface area (Å²) in [6.07, 6.45) is 3.98. The second-order valence-corrected chi connectivity index (χ2v) is 5.23. The molecule has 1 aliphatic rings. The van der Waals surface area contributed by atoms with Gasteiger partial charge in [0.15, 0.2) is 6.23 Å². The minimum Gasteiger partial charge on any atom is -0.481 e. The monoisotopic (exact) mass is 301 g/mol. The van der Waals surface area contributed by atoms with Crippen LogP contribution in [0.25, 0.3) is 0 Å². The first-order valence-electron chi connectivity index (χ1n) is 7.41. The van der Waals surface area contributed by atoms with E-state index in [-0.39, 0.29) is 12.3 Å². The summed E-state index contributed by atoms with van der Waals surface area (Å²) in [5, 5.41) is 17.1. The summed E-state index contributed by atoms with van der Waals surface area (Å²) in [6, 6.07) is 0. The lowest BCUT2D eigenvalue weighted by molar-refractivity contribution is -0.139. The summed E-state index contributed by atoms with van der Waals surface area (Å²) in [6.45, 7) is 0.551. The molecule has 1 unspecified atom stereocenters. The fraction of sp³-hybridized carbons (Fsp3) is 0.786. The third kappa shape index (κ3) is 6.97. The van der Waals surface area contributed by atoms with E-state index in [1.807, 2.05) is 0 Å². The smallest absolute Gasteiger partial charge is 0.481 e. The molecule has 0 aromatic heterocycles. The van der Waals surface area contributed by atoms with Gasteiger partial charge in [-0.15, -0.1) is 0 Å².